The van der Waals surface area contributed by atoms with Gasteiger partial charge < -0.3 is 24.1 Å². The molecule has 200 valence electrons. The maximum atomic E-state index is 12.9. The van der Waals surface area contributed by atoms with E-state index in [1.165, 1.54) is 17.4 Å². The standard InChI is InChI=1S/C31H31N3O5/c1-4-29(35)34-16-15-21-9-12-25(17-26(21)30(34)22-7-5-20(2)6-8-22)38-19-28-33-27(18-39-28)31(36)32-23-10-13-24(37-3)14-11-23/h5-14,17-18,30H,4,15-16,19H2,1-3H3,(H,32,36)/t30-/m1/s1. The van der Waals surface area contributed by atoms with Crippen LogP contribution in [-0.4, -0.2) is 35.4 Å². The van der Waals surface area contributed by atoms with Crippen LogP contribution in [-0.2, 0) is 17.8 Å². The first kappa shape index (κ1) is 26.0. The molecule has 8 heteroatoms. The summed E-state index contributed by atoms with van der Waals surface area (Å²) in [6, 6.07) is 21.1. The number of fused-ring (bicyclic) bond motifs is 1. The lowest BCUT2D eigenvalue weighted by Crippen LogP contribution is -2.40. The molecule has 2 heterocycles. The molecule has 1 aliphatic heterocycles. The minimum atomic E-state index is -0.384. The highest BCUT2D eigenvalue weighted by molar-refractivity contribution is 6.02. The number of carbonyl (C=O) groups is 2. The summed E-state index contributed by atoms with van der Waals surface area (Å²) in [6.07, 6.45) is 2.55. The van der Waals surface area contributed by atoms with Gasteiger partial charge in [-0.1, -0.05) is 42.8 Å². The number of nitrogens with one attached hydrogen (secondary N) is 1. The van der Waals surface area contributed by atoms with Crippen LogP contribution in [0.4, 0.5) is 5.69 Å². The monoisotopic (exact) mass is 525 g/mol. The SMILES string of the molecule is CCC(=O)N1CCc2ccc(OCc3nc(C(=O)Nc4ccc(OC)cc4)co3)cc2[C@H]1c1ccc(C)cc1. The molecule has 0 radical (unpaired) electrons. The molecule has 8 nitrogen and oxygen atoms in total. The van der Waals surface area contributed by atoms with Crippen molar-refractivity contribution in [3.8, 4) is 11.5 Å². The largest absolute Gasteiger partial charge is 0.497 e. The van der Waals surface area contributed by atoms with Gasteiger partial charge in [0.1, 0.15) is 17.8 Å². The van der Waals surface area contributed by atoms with Crippen molar-refractivity contribution in [1.82, 2.24) is 9.88 Å². The Kier molecular flexibility index (Phi) is 7.63. The van der Waals surface area contributed by atoms with Gasteiger partial charge in [0, 0.05) is 18.7 Å². The van der Waals surface area contributed by atoms with Crippen molar-refractivity contribution in [1.29, 1.82) is 0 Å². The molecule has 0 fully saturated rings. The molecule has 39 heavy (non-hydrogen) atoms. The molecule has 2 amide bonds. The van der Waals surface area contributed by atoms with Crippen LogP contribution in [0, 0.1) is 6.92 Å². The van der Waals surface area contributed by atoms with Crippen molar-refractivity contribution in [2.24, 2.45) is 0 Å². The van der Waals surface area contributed by atoms with Crippen molar-refractivity contribution in [3.63, 3.8) is 0 Å². The van der Waals surface area contributed by atoms with Crippen LogP contribution >= 0.6 is 0 Å². The molecule has 0 spiro atoms. The number of benzene rings is 3. The average Bonchev–Trinajstić information content (AvgIpc) is 3.45. The number of anilines is 1. The minimum Gasteiger partial charge on any atom is -0.497 e. The molecule has 0 saturated heterocycles. The molecule has 0 unspecified atom stereocenters. The highest BCUT2D eigenvalue weighted by atomic mass is 16.5. The molecule has 4 aromatic rings. The number of amides is 2. The van der Waals surface area contributed by atoms with Crippen molar-refractivity contribution >= 4 is 17.5 Å². The van der Waals surface area contributed by atoms with E-state index in [1.807, 2.05) is 24.0 Å². The van der Waals surface area contributed by atoms with Crippen molar-refractivity contribution in [2.45, 2.75) is 39.3 Å². The fourth-order valence-electron chi connectivity index (χ4n) is 4.76. The summed E-state index contributed by atoms with van der Waals surface area (Å²) in [6.45, 7) is 4.68. The van der Waals surface area contributed by atoms with E-state index < -0.39 is 0 Å². The summed E-state index contributed by atoms with van der Waals surface area (Å²) in [5.74, 6) is 1.36. The second kappa shape index (κ2) is 11.4. The number of hydrogen-bond acceptors (Lipinski definition) is 6. The fourth-order valence-corrected chi connectivity index (χ4v) is 4.76. The lowest BCUT2D eigenvalue weighted by Gasteiger charge is -2.38. The van der Waals surface area contributed by atoms with Crippen LogP contribution in [0.1, 0.15) is 58.0 Å². The summed E-state index contributed by atoms with van der Waals surface area (Å²) in [5.41, 5.74) is 5.26. The van der Waals surface area contributed by atoms with Crippen LogP contribution < -0.4 is 14.8 Å². The number of nitrogens with zero attached hydrogens (tertiary/aromatic N) is 2. The summed E-state index contributed by atoms with van der Waals surface area (Å²) < 4.78 is 16.6. The molecule has 0 aliphatic carbocycles. The van der Waals surface area contributed by atoms with E-state index in [4.69, 9.17) is 13.9 Å². The number of hydrogen-bond donors (Lipinski definition) is 1. The van der Waals surface area contributed by atoms with Crippen LogP contribution in [0.15, 0.2) is 77.4 Å². The lowest BCUT2D eigenvalue weighted by molar-refractivity contribution is -0.132. The van der Waals surface area contributed by atoms with Gasteiger partial charge >= 0.3 is 0 Å². The van der Waals surface area contributed by atoms with E-state index in [1.54, 1.807) is 31.4 Å². The van der Waals surface area contributed by atoms with E-state index in [2.05, 4.69) is 47.6 Å². The fraction of sp³-hybridized carbons (Fsp3) is 0.258. The molecular weight excluding hydrogens is 494 g/mol. The van der Waals surface area contributed by atoms with Gasteiger partial charge in [-0.25, -0.2) is 4.98 Å². The van der Waals surface area contributed by atoms with Crippen LogP contribution in [0.25, 0.3) is 0 Å². The molecule has 5 rings (SSSR count). The Morgan fingerprint density at radius 1 is 1.05 bits per heavy atom. The molecule has 0 bridgehead atoms. The molecule has 1 aliphatic rings. The van der Waals surface area contributed by atoms with Crippen LogP contribution in [0.3, 0.4) is 0 Å². The Hall–Kier alpha value is -4.59. The van der Waals surface area contributed by atoms with Gasteiger partial charge in [-0.2, -0.15) is 0 Å². The Morgan fingerprint density at radius 2 is 1.79 bits per heavy atom. The number of methoxy groups -OCH3 is 1. The van der Waals surface area contributed by atoms with Gasteiger partial charge in [0.15, 0.2) is 12.3 Å². The Bertz CT molecular complexity index is 1460. The molecular formula is C31H31N3O5. The zero-order valence-corrected chi connectivity index (χ0v) is 22.3. The normalized spacial score (nSPS) is 14.4. The van der Waals surface area contributed by atoms with E-state index in [0.717, 1.165) is 17.5 Å². The maximum Gasteiger partial charge on any atom is 0.277 e. The number of carbonyl (C=O) groups excluding carboxylic acids is 2. The summed E-state index contributed by atoms with van der Waals surface area (Å²) in [7, 11) is 1.58. The first-order valence-electron chi connectivity index (χ1n) is 13.0. The van der Waals surface area contributed by atoms with Gasteiger partial charge in [0.25, 0.3) is 5.91 Å². The second-order valence-corrected chi connectivity index (χ2v) is 9.46. The van der Waals surface area contributed by atoms with E-state index >= 15 is 0 Å². The quantitative estimate of drug-likeness (QED) is 0.317. The Labute approximate surface area is 227 Å². The third-order valence-electron chi connectivity index (χ3n) is 6.86. The van der Waals surface area contributed by atoms with Gasteiger partial charge in [0.05, 0.1) is 13.2 Å². The predicted octanol–water partition coefficient (Wildman–Crippen LogP) is 5.71. The molecule has 1 N–H and O–H groups in total. The maximum absolute atomic E-state index is 12.9. The van der Waals surface area contributed by atoms with Crippen molar-refractivity contribution in [2.75, 3.05) is 19.0 Å². The second-order valence-electron chi connectivity index (χ2n) is 9.46. The Balaban J connectivity index is 1.30. The zero-order chi connectivity index (χ0) is 27.4. The highest BCUT2D eigenvalue weighted by Crippen LogP contribution is 2.37. The van der Waals surface area contributed by atoms with Crippen LogP contribution in [0.5, 0.6) is 11.5 Å². The number of aryl methyl sites for hydroxylation is 1. The lowest BCUT2D eigenvalue weighted by atomic mass is 9.87. The van der Waals surface area contributed by atoms with Gasteiger partial charge in [-0.05, 0) is 66.4 Å². The smallest absolute Gasteiger partial charge is 0.277 e. The number of rotatable bonds is 8. The van der Waals surface area contributed by atoms with E-state index in [-0.39, 0.29) is 36.0 Å². The summed E-state index contributed by atoms with van der Waals surface area (Å²) in [5, 5.41) is 2.78. The van der Waals surface area contributed by atoms with Gasteiger partial charge in [-0.3, -0.25) is 9.59 Å². The van der Waals surface area contributed by atoms with Crippen LogP contribution in [0.2, 0.25) is 0 Å². The first-order valence-corrected chi connectivity index (χ1v) is 13.0. The number of oxazole rings is 1. The average molecular weight is 526 g/mol. The number of aromatic nitrogens is 1. The minimum absolute atomic E-state index is 0.0570. The molecule has 0 saturated carbocycles. The van der Waals surface area contributed by atoms with Crippen molar-refractivity contribution in [3.05, 3.63) is 107 Å². The third-order valence-corrected chi connectivity index (χ3v) is 6.86. The topological polar surface area (TPSA) is 93.9 Å². The van der Waals surface area contributed by atoms with Crippen molar-refractivity contribution < 1.29 is 23.5 Å². The molecule has 1 aromatic heterocycles. The first-order chi connectivity index (χ1) is 18.9. The van der Waals surface area contributed by atoms with Gasteiger partial charge in [-0.15, -0.1) is 0 Å². The summed E-state index contributed by atoms with van der Waals surface area (Å²) in [4.78, 5) is 31.7. The van der Waals surface area contributed by atoms with Gasteiger partial charge in [0.2, 0.25) is 11.8 Å². The third kappa shape index (κ3) is 5.80. The van der Waals surface area contributed by atoms with E-state index in [0.29, 0.717) is 30.2 Å². The van der Waals surface area contributed by atoms with E-state index in [9.17, 15) is 9.59 Å². The highest BCUT2D eigenvalue weighted by Gasteiger charge is 2.31. The Morgan fingerprint density at radius 3 is 2.51 bits per heavy atom. The number of ether oxygens (including phenoxy) is 2. The molecule has 1 atom stereocenters. The predicted molar refractivity (Wildman–Crippen MR) is 147 cm³/mol. The zero-order valence-electron chi connectivity index (χ0n) is 22.3. The molecule has 3 aromatic carbocycles. The summed E-state index contributed by atoms with van der Waals surface area (Å²) >= 11 is 0.